The first-order chi connectivity index (χ1) is 15.0. The van der Waals surface area contributed by atoms with Crippen molar-refractivity contribution in [2.24, 2.45) is 0 Å². The first kappa shape index (κ1) is 21.1. The molecule has 1 aliphatic rings. The van der Waals surface area contributed by atoms with Crippen LogP contribution in [0.25, 0.3) is 16.7 Å². The fourth-order valence-corrected chi connectivity index (χ4v) is 4.08. The van der Waals surface area contributed by atoms with Crippen LogP contribution in [0.3, 0.4) is 0 Å². The third kappa shape index (κ3) is 4.19. The molecule has 1 aliphatic heterocycles. The van der Waals surface area contributed by atoms with Crippen LogP contribution in [0.2, 0.25) is 0 Å². The Hall–Kier alpha value is -3.16. The van der Waals surface area contributed by atoms with Crippen LogP contribution in [0, 0.1) is 0 Å². The normalized spacial score (nSPS) is 15.4. The van der Waals surface area contributed by atoms with Gasteiger partial charge in [-0.15, -0.1) is 0 Å². The van der Waals surface area contributed by atoms with Gasteiger partial charge >= 0.3 is 6.03 Å². The lowest BCUT2D eigenvalue weighted by Gasteiger charge is -2.36. The van der Waals surface area contributed by atoms with E-state index < -0.39 is 0 Å². The van der Waals surface area contributed by atoms with E-state index in [-0.39, 0.29) is 11.9 Å². The minimum Gasteiger partial charge on any atom is -0.352 e. The number of hydrogen-bond donors (Lipinski definition) is 0. The molecule has 0 bridgehead atoms. The summed E-state index contributed by atoms with van der Waals surface area (Å²) >= 11 is 0. The first-order valence-corrected chi connectivity index (χ1v) is 11.0. The maximum Gasteiger partial charge on any atom is 0.319 e. The van der Waals surface area contributed by atoms with Crippen molar-refractivity contribution in [1.82, 2.24) is 29.5 Å². The van der Waals surface area contributed by atoms with Crippen molar-refractivity contribution < 1.29 is 4.79 Å². The fraction of sp³-hybridized carbons (Fsp3) is 0.478. The molecule has 3 aromatic rings. The number of piperazine rings is 1. The van der Waals surface area contributed by atoms with E-state index in [4.69, 9.17) is 9.97 Å². The topological polar surface area (TPSA) is 70.4 Å². The molecule has 8 heteroatoms. The van der Waals surface area contributed by atoms with Gasteiger partial charge < -0.3 is 14.7 Å². The number of urea groups is 1. The highest BCUT2D eigenvalue weighted by molar-refractivity contribution is 5.88. The molecule has 1 fully saturated rings. The number of fused-ring (bicyclic) bond motifs is 1. The molecule has 3 heterocycles. The van der Waals surface area contributed by atoms with Crippen molar-refractivity contribution in [2.75, 3.05) is 45.2 Å². The zero-order valence-corrected chi connectivity index (χ0v) is 18.8. The monoisotopic (exact) mass is 421 g/mol. The fourth-order valence-electron chi connectivity index (χ4n) is 4.08. The van der Waals surface area contributed by atoms with Crippen molar-refractivity contribution >= 4 is 22.9 Å². The van der Waals surface area contributed by atoms with Crippen LogP contribution in [0.5, 0.6) is 0 Å². The minimum absolute atomic E-state index is 0.0571. The van der Waals surface area contributed by atoms with Crippen LogP contribution >= 0.6 is 0 Å². The second-order valence-corrected chi connectivity index (χ2v) is 8.38. The minimum atomic E-state index is 0.0571. The van der Waals surface area contributed by atoms with Gasteiger partial charge in [0, 0.05) is 46.2 Å². The van der Waals surface area contributed by atoms with Gasteiger partial charge in [-0.1, -0.05) is 38.5 Å². The van der Waals surface area contributed by atoms with Gasteiger partial charge in [-0.3, -0.25) is 0 Å². The molecule has 0 aliphatic carbocycles. The number of carbonyl (C=O) groups is 1. The lowest BCUT2D eigenvalue weighted by atomic mass is 10.1. The van der Waals surface area contributed by atoms with Gasteiger partial charge in [0.2, 0.25) is 0 Å². The number of carbonyl (C=O) groups excluding carboxylic acids is 1. The second-order valence-electron chi connectivity index (χ2n) is 8.38. The summed E-state index contributed by atoms with van der Waals surface area (Å²) in [6.45, 7) is 7.20. The standard InChI is InChI=1S/C23H31N7O/c1-5-9-17(2)20-25-21(28-12-14-29(15-13-28)23(31)27(3)4)19-16-24-30(22(19)26-20)18-10-7-6-8-11-18/h6-8,10-11,16-17H,5,9,12-15H2,1-4H3/t17-/m1/s1. The molecule has 8 nitrogen and oxygen atoms in total. The van der Waals surface area contributed by atoms with Crippen LogP contribution in [-0.4, -0.2) is 75.9 Å². The number of aromatic nitrogens is 4. The highest BCUT2D eigenvalue weighted by Crippen LogP contribution is 2.29. The van der Waals surface area contributed by atoms with Gasteiger partial charge in [-0.25, -0.2) is 19.4 Å². The van der Waals surface area contributed by atoms with E-state index in [0.29, 0.717) is 13.1 Å². The van der Waals surface area contributed by atoms with Crippen molar-refractivity contribution in [3.63, 3.8) is 0 Å². The van der Waals surface area contributed by atoms with Crippen LogP contribution in [0.4, 0.5) is 10.6 Å². The van der Waals surface area contributed by atoms with Crippen LogP contribution in [0.15, 0.2) is 36.5 Å². The zero-order valence-electron chi connectivity index (χ0n) is 18.8. The summed E-state index contributed by atoms with van der Waals surface area (Å²) in [6, 6.07) is 10.1. The van der Waals surface area contributed by atoms with Crippen LogP contribution in [-0.2, 0) is 0 Å². The summed E-state index contributed by atoms with van der Waals surface area (Å²) in [7, 11) is 3.59. The first-order valence-electron chi connectivity index (χ1n) is 11.0. The molecular weight excluding hydrogens is 390 g/mol. The number of anilines is 1. The predicted octanol–water partition coefficient (Wildman–Crippen LogP) is 3.52. The molecule has 1 aromatic carbocycles. The maximum absolute atomic E-state index is 12.3. The highest BCUT2D eigenvalue weighted by Gasteiger charge is 2.26. The Morgan fingerprint density at radius 1 is 1.10 bits per heavy atom. The summed E-state index contributed by atoms with van der Waals surface area (Å²) in [4.78, 5) is 28.1. The Morgan fingerprint density at radius 3 is 2.45 bits per heavy atom. The molecule has 0 spiro atoms. The molecule has 0 radical (unpaired) electrons. The van der Waals surface area contributed by atoms with E-state index in [2.05, 4.69) is 23.8 Å². The van der Waals surface area contributed by atoms with E-state index in [1.165, 1.54) is 0 Å². The van der Waals surface area contributed by atoms with Gasteiger partial charge in [0.25, 0.3) is 0 Å². The summed E-state index contributed by atoms with van der Waals surface area (Å²) in [5.74, 6) is 2.04. The van der Waals surface area contributed by atoms with E-state index in [1.807, 2.05) is 46.1 Å². The number of benzene rings is 1. The quantitative estimate of drug-likeness (QED) is 0.630. The number of rotatable bonds is 5. The van der Waals surface area contributed by atoms with Gasteiger partial charge in [-0.2, -0.15) is 5.10 Å². The summed E-state index contributed by atoms with van der Waals surface area (Å²) in [6.07, 6.45) is 3.99. The molecule has 1 atom stereocenters. The lowest BCUT2D eigenvalue weighted by Crippen LogP contribution is -2.51. The van der Waals surface area contributed by atoms with Crippen LogP contribution < -0.4 is 4.90 Å². The van der Waals surface area contributed by atoms with Crippen molar-refractivity contribution in [3.8, 4) is 5.69 Å². The molecular formula is C23H31N7O. The maximum atomic E-state index is 12.3. The van der Waals surface area contributed by atoms with E-state index in [0.717, 1.165) is 54.3 Å². The largest absolute Gasteiger partial charge is 0.352 e. The third-order valence-electron chi connectivity index (χ3n) is 5.82. The third-order valence-corrected chi connectivity index (χ3v) is 5.82. The molecule has 0 saturated carbocycles. The molecule has 0 N–H and O–H groups in total. The Labute approximate surface area is 183 Å². The van der Waals surface area contributed by atoms with E-state index in [9.17, 15) is 4.79 Å². The summed E-state index contributed by atoms with van der Waals surface area (Å²) in [5, 5.41) is 5.60. The second kappa shape index (κ2) is 8.91. The molecule has 31 heavy (non-hydrogen) atoms. The molecule has 2 aromatic heterocycles. The Bertz CT molecular complexity index is 1040. The number of amides is 2. The smallest absolute Gasteiger partial charge is 0.319 e. The van der Waals surface area contributed by atoms with Crippen LogP contribution in [0.1, 0.15) is 38.4 Å². The molecule has 0 unspecified atom stereocenters. The van der Waals surface area contributed by atoms with E-state index in [1.54, 1.807) is 19.0 Å². The van der Waals surface area contributed by atoms with Crippen molar-refractivity contribution in [2.45, 2.75) is 32.6 Å². The highest BCUT2D eigenvalue weighted by atomic mass is 16.2. The Balaban J connectivity index is 1.72. The summed E-state index contributed by atoms with van der Waals surface area (Å²) in [5.41, 5.74) is 1.82. The number of para-hydroxylation sites is 1. The lowest BCUT2D eigenvalue weighted by molar-refractivity contribution is 0.168. The Morgan fingerprint density at radius 2 is 1.81 bits per heavy atom. The average molecular weight is 422 g/mol. The molecule has 1 saturated heterocycles. The van der Waals surface area contributed by atoms with Crippen molar-refractivity contribution in [3.05, 3.63) is 42.4 Å². The summed E-state index contributed by atoms with van der Waals surface area (Å²) < 4.78 is 1.90. The average Bonchev–Trinajstić information content (AvgIpc) is 3.23. The Kier molecular flexibility index (Phi) is 6.06. The van der Waals surface area contributed by atoms with Gasteiger partial charge in [0.05, 0.1) is 17.3 Å². The molecule has 2 amide bonds. The number of hydrogen-bond acceptors (Lipinski definition) is 5. The number of nitrogens with zero attached hydrogens (tertiary/aromatic N) is 7. The van der Waals surface area contributed by atoms with E-state index >= 15 is 0 Å². The van der Waals surface area contributed by atoms with Gasteiger partial charge in [0.15, 0.2) is 5.65 Å². The molecule has 4 rings (SSSR count). The van der Waals surface area contributed by atoms with Gasteiger partial charge in [0.1, 0.15) is 11.6 Å². The zero-order chi connectivity index (χ0) is 22.0. The predicted molar refractivity (Wildman–Crippen MR) is 123 cm³/mol. The molecule has 164 valence electrons. The SMILES string of the molecule is CCC[C@@H](C)c1nc(N2CCN(C(=O)N(C)C)CC2)c2cnn(-c3ccccc3)c2n1. The van der Waals surface area contributed by atoms with Gasteiger partial charge in [-0.05, 0) is 18.6 Å². The van der Waals surface area contributed by atoms with Crippen molar-refractivity contribution in [1.29, 1.82) is 0 Å².